The molecule has 0 unspecified atom stereocenters. The van der Waals surface area contributed by atoms with E-state index in [4.69, 9.17) is 0 Å². The predicted molar refractivity (Wildman–Crippen MR) is 127 cm³/mol. The number of aliphatic hydroxyl groups excluding tert-OH is 1. The molecule has 0 atom stereocenters. The van der Waals surface area contributed by atoms with Gasteiger partial charge in [-0.25, -0.2) is 0 Å². The quantitative estimate of drug-likeness (QED) is 0.475. The number of piperazine rings is 1. The molecule has 4 heteroatoms. The second-order valence-electron chi connectivity index (χ2n) is 7.83. The van der Waals surface area contributed by atoms with Crippen LogP contribution < -0.4 is 4.90 Å². The third-order valence-corrected chi connectivity index (χ3v) is 6.98. The Morgan fingerprint density at radius 1 is 0.767 bits per heavy atom. The Morgan fingerprint density at radius 2 is 1.53 bits per heavy atom. The lowest BCUT2D eigenvalue weighted by Gasteiger charge is -2.37. The molecule has 1 N–H and O–H groups in total. The van der Waals surface area contributed by atoms with E-state index in [0.717, 1.165) is 37.6 Å². The van der Waals surface area contributed by atoms with Gasteiger partial charge in [-0.1, -0.05) is 60.7 Å². The zero-order chi connectivity index (χ0) is 20.3. The minimum Gasteiger partial charge on any atom is -0.391 e. The van der Waals surface area contributed by atoms with Gasteiger partial charge in [-0.15, -0.1) is 11.3 Å². The second-order valence-corrected chi connectivity index (χ2v) is 8.83. The Labute approximate surface area is 181 Å². The standard InChI is InChI=1S/C26H26N2OS/c29-19-26-24(12-17-30-26)22-9-3-2-7-21(22)18-27-13-15-28(16-14-27)25-11-5-8-20-6-1-4-10-23(20)25/h1-12,17,29H,13-16,18-19H2. The third-order valence-electron chi connectivity index (χ3n) is 6.07. The summed E-state index contributed by atoms with van der Waals surface area (Å²) in [6.45, 7) is 5.22. The van der Waals surface area contributed by atoms with E-state index in [1.54, 1.807) is 11.3 Å². The fourth-order valence-electron chi connectivity index (χ4n) is 4.50. The number of thiophene rings is 1. The molecule has 1 aliphatic rings. The number of hydrogen-bond acceptors (Lipinski definition) is 4. The van der Waals surface area contributed by atoms with Gasteiger partial charge in [0, 0.05) is 48.7 Å². The number of anilines is 1. The van der Waals surface area contributed by atoms with Gasteiger partial charge in [-0.3, -0.25) is 4.90 Å². The van der Waals surface area contributed by atoms with Crippen LogP contribution in [0.5, 0.6) is 0 Å². The van der Waals surface area contributed by atoms with Crippen molar-refractivity contribution in [2.75, 3.05) is 31.1 Å². The first kappa shape index (κ1) is 19.3. The van der Waals surface area contributed by atoms with E-state index in [9.17, 15) is 5.11 Å². The summed E-state index contributed by atoms with van der Waals surface area (Å²) >= 11 is 1.63. The van der Waals surface area contributed by atoms with Crippen LogP contribution in [-0.4, -0.2) is 36.2 Å². The average Bonchev–Trinajstić information content (AvgIpc) is 3.28. The van der Waals surface area contributed by atoms with Gasteiger partial charge in [-0.2, -0.15) is 0 Å². The topological polar surface area (TPSA) is 26.7 Å². The van der Waals surface area contributed by atoms with E-state index in [0.29, 0.717) is 0 Å². The molecule has 0 bridgehead atoms. The molecule has 30 heavy (non-hydrogen) atoms. The van der Waals surface area contributed by atoms with Crippen molar-refractivity contribution < 1.29 is 5.11 Å². The van der Waals surface area contributed by atoms with Crippen LogP contribution in [0.3, 0.4) is 0 Å². The summed E-state index contributed by atoms with van der Waals surface area (Å²) in [5.41, 5.74) is 5.11. The minimum absolute atomic E-state index is 0.102. The number of hydrogen-bond donors (Lipinski definition) is 1. The lowest BCUT2D eigenvalue weighted by molar-refractivity contribution is 0.250. The molecule has 1 aliphatic heterocycles. The van der Waals surface area contributed by atoms with Gasteiger partial charge in [0.1, 0.15) is 0 Å². The maximum absolute atomic E-state index is 9.69. The fraction of sp³-hybridized carbons (Fsp3) is 0.231. The zero-order valence-corrected chi connectivity index (χ0v) is 17.8. The summed E-state index contributed by atoms with van der Waals surface area (Å²) in [4.78, 5) is 6.11. The summed E-state index contributed by atoms with van der Waals surface area (Å²) in [5.74, 6) is 0. The first-order chi connectivity index (χ1) is 14.8. The first-order valence-corrected chi connectivity index (χ1v) is 11.4. The Balaban J connectivity index is 1.32. The van der Waals surface area contributed by atoms with Crippen molar-refractivity contribution in [3.63, 3.8) is 0 Å². The molecular weight excluding hydrogens is 388 g/mol. The SMILES string of the molecule is OCc1sccc1-c1ccccc1CN1CCN(c2cccc3ccccc23)CC1. The van der Waals surface area contributed by atoms with Crippen molar-refractivity contribution in [3.8, 4) is 11.1 Å². The summed E-state index contributed by atoms with van der Waals surface area (Å²) in [6.07, 6.45) is 0. The lowest BCUT2D eigenvalue weighted by Crippen LogP contribution is -2.46. The number of fused-ring (bicyclic) bond motifs is 1. The molecule has 0 radical (unpaired) electrons. The molecule has 0 amide bonds. The maximum atomic E-state index is 9.69. The van der Waals surface area contributed by atoms with E-state index < -0.39 is 0 Å². The van der Waals surface area contributed by atoms with Crippen molar-refractivity contribution >= 4 is 27.8 Å². The van der Waals surface area contributed by atoms with Crippen LogP contribution in [0.2, 0.25) is 0 Å². The number of aliphatic hydroxyl groups is 1. The monoisotopic (exact) mass is 414 g/mol. The summed E-state index contributed by atoms with van der Waals surface area (Å²) in [6, 6.07) is 26.0. The fourth-order valence-corrected chi connectivity index (χ4v) is 5.24. The summed E-state index contributed by atoms with van der Waals surface area (Å²) < 4.78 is 0. The molecule has 0 aliphatic carbocycles. The van der Waals surface area contributed by atoms with Crippen LogP contribution in [0, 0.1) is 0 Å². The molecule has 5 rings (SSSR count). The Morgan fingerprint density at radius 3 is 2.40 bits per heavy atom. The van der Waals surface area contributed by atoms with Gasteiger partial charge >= 0.3 is 0 Å². The van der Waals surface area contributed by atoms with Crippen LogP contribution in [0.1, 0.15) is 10.4 Å². The van der Waals surface area contributed by atoms with Gasteiger partial charge in [0.2, 0.25) is 0 Å². The van der Waals surface area contributed by atoms with Crippen LogP contribution in [-0.2, 0) is 13.2 Å². The highest BCUT2D eigenvalue weighted by Gasteiger charge is 2.20. The number of rotatable bonds is 5. The Bertz CT molecular complexity index is 1140. The second kappa shape index (κ2) is 8.60. The Hall–Kier alpha value is -2.66. The molecule has 4 aromatic rings. The molecule has 3 nitrogen and oxygen atoms in total. The smallest absolute Gasteiger partial charge is 0.0780 e. The van der Waals surface area contributed by atoms with Crippen LogP contribution >= 0.6 is 11.3 Å². The van der Waals surface area contributed by atoms with Gasteiger partial charge < -0.3 is 10.0 Å². The van der Waals surface area contributed by atoms with Crippen molar-refractivity contribution in [2.24, 2.45) is 0 Å². The van der Waals surface area contributed by atoms with Crippen LogP contribution in [0.15, 0.2) is 78.2 Å². The van der Waals surface area contributed by atoms with Gasteiger partial charge in [0.25, 0.3) is 0 Å². The largest absolute Gasteiger partial charge is 0.391 e. The summed E-state index contributed by atoms with van der Waals surface area (Å²) in [5, 5.41) is 14.4. The molecule has 3 aromatic carbocycles. The van der Waals surface area contributed by atoms with E-state index in [1.165, 1.54) is 33.2 Å². The van der Waals surface area contributed by atoms with E-state index >= 15 is 0 Å². The van der Waals surface area contributed by atoms with Crippen molar-refractivity contribution in [1.29, 1.82) is 0 Å². The zero-order valence-electron chi connectivity index (χ0n) is 17.0. The molecule has 0 spiro atoms. The van der Waals surface area contributed by atoms with Crippen LogP contribution in [0.4, 0.5) is 5.69 Å². The third kappa shape index (κ3) is 3.74. The molecule has 1 saturated heterocycles. The molecule has 152 valence electrons. The van der Waals surface area contributed by atoms with Crippen LogP contribution in [0.25, 0.3) is 21.9 Å². The van der Waals surface area contributed by atoms with Gasteiger partial charge in [0.05, 0.1) is 6.61 Å². The molecule has 2 heterocycles. The maximum Gasteiger partial charge on any atom is 0.0780 e. The molecular formula is C26H26N2OS. The normalized spacial score (nSPS) is 15.0. The highest BCUT2D eigenvalue weighted by atomic mass is 32.1. The lowest BCUT2D eigenvalue weighted by atomic mass is 9.99. The van der Waals surface area contributed by atoms with Crippen molar-refractivity contribution in [3.05, 3.63) is 88.6 Å². The number of nitrogens with zero attached hydrogens (tertiary/aromatic N) is 2. The molecule has 1 fully saturated rings. The first-order valence-electron chi connectivity index (χ1n) is 10.5. The highest BCUT2D eigenvalue weighted by Crippen LogP contribution is 2.32. The van der Waals surface area contributed by atoms with E-state index in [1.807, 2.05) is 0 Å². The van der Waals surface area contributed by atoms with E-state index in [-0.39, 0.29) is 6.61 Å². The number of benzene rings is 3. The average molecular weight is 415 g/mol. The van der Waals surface area contributed by atoms with Gasteiger partial charge in [0.15, 0.2) is 0 Å². The minimum atomic E-state index is 0.102. The van der Waals surface area contributed by atoms with Crippen molar-refractivity contribution in [1.82, 2.24) is 4.90 Å². The highest BCUT2D eigenvalue weighted by molar-refractivity contribution is 7.10. The predicted octanol–water partition coefficient (Wildman–Crippen LogP) is 5.38. The Kier molecular flexibility index (Phi) is 5.54. The molecule has 0 saturated carbocycles. The van der Waals surface area contributed by atoms with Gasteiger partial charge in [-0.05, 0) is 39.6 Å². The summed E-state index contributed by atoms with van der Waals surface area (Å²) in [7, 11) is 0. The van der Waals surface area contributed by atoms with Crippen molar-refractivity contribution in [2.45, 2.75) is 13.2 Å². The van der Waals surface area contributed by atoms with E-state index in [2.05, 4.69) is 88.0 Å². The molecule has 1 aromatic heterocycles.